The Kier molecular flexibility index (Phi) is 3.42. The predicted molar refractivity (Wildman–Crippen MR) is 47.6 cm³/mol. The van der Waals surface area contributed by atoms with Crippen LogP contribution in [0.5, 0.6) is 0 Å². The minimum absolute atomic E-state index is 0.771. The van der Waals surface area contributed by atoms with Crippen LogP contribution in [0.15, 0.2) is 28.6 Å². The van der Waals surface area contributed by atoms with E-state index in [1.54, 1.807) is 0 Å². The molecule has 0 aliphatic rings. The second-order valence-electron chi connectivity index (χ2n) is 2.76. The summed E-state index contributed by atoms with van der Waals surface area (Å²) in [5, 5.41) is 0. The summed E-state index contributed by atoms with van der Waals surface area (Å²) in [4.78, 5) is 0. The highest BCUT2D eigenvalue weighted by Gasteiger charge is 2.61. The zero-order valence-corrected chi connectivity index (χ0v) is 8.66. The maximum atomic E-state index is 12.2. The molecule has 1 aromatic carbocycles. The molecule has 1 aromatic rings. The van der Waals surface area contributed by atoms with Gasteiger partial charge in [-0.15, -0.1) is 0 Å². The number of nitrogens with zero attached hydrogens (tertiary/aromatic N) is 1. The molecule has 0 atom stereocenters. The van der Waals surface area contributed by atoms with Crippen LogP contribution in [0, 0.1) is 6.07 Å². The van der Waals surface area contributed by atoms with Crippen molar-refractivity contribution in [2.45, 2.75) is 11.0 Å². The first-order valence-electron chi connectivity index (χ1n) is 3.94. The Hall–Kier alpha value is -1.25. The molecule has 0 saturated heterocycles. The van der Waals surface area contributed by atoms with Crippen molar-refractivity contribution in [3.05, 3.63) is 30.3 Å². The summed E-state index contributed by atoms with van der Waals surface area (Å²) < 4.78 is 86.3. The van der Waals surface area contributed by atoms with Crippen LogP contribution in [0.25, 0.3) is 0 Å². The van der Waals surface area contributed by atoms with E-state index in [9.17, 15) is 30.6 Å². The van der Waals surface area contributed by atoms with Gasteiger partial charge in [0.05, 0.1) is 5.69 Å². The topological polar surface area (TPSA) is 29.4 Å². The SMILES string of the molecule is O=S(=Nc1[c]cccc1)(C(F)(F)F)C(F)(F)F. The summed E-state index contributed by atoms with van der Waals surface area (Å²) in [7, 11) is -6.38. The van der Waals surface area contributed by atoms with E-state index in [1.807, 2.05) is 6.07 Å². The van der Waals surface area contributed by atoms with Crippen LogP contribution in [0.1, 0.15) is 0 Å². The molecule has 0 fully saturated rings. The van der Waals surface area contributed by atoms with E-state index >= 15 is 0 Å². The predicted octanol–water partition coefficient (Wildman–Crippen LogP) is 3.63. The first-order chi connectivity index (χ1) is 7.58. The molecule has 0 aromatic heterocycles. The minimum Gasteiger partial charge on any atom is -0.231 e. The Labute approximate surface area is 92.4 Å². The van der Waals surface area contributed by atoms with Crippen molar-refractivity contribution in [1.29, 1.82) is 0 Å². The molecule has 0 aliphatic carbocycles. The summed E-state index contributed by atoms with van der Waals surface area (Å²) >= 11 is 0. The van der Waals surface area contributed by atoms with Gasteiger partial charge in [0.15, 0.2) is 0 Å². The van der Waals surface area contributed by atoms with E-state index in [4.69, 9.17) is 0 Å². The van der Waals surface area contributed by atoms with Gasteiger partial charge in [-0.1, -0.05) is 18.2 Å². The molecule has 2 nitrogen and oxygen atoms in total. The Morgan fingerprint density at radius 2 is 1.59 bits per heavy atom. The van der Waals surface area contributed by atoms with E-state index in [0.717, 1.165) is 18.2 Å². The Bertz CT molecular complexity index is 477. The van der Waals surface area contributed by atoms with E-state index in [2.05, 4.69) is 4.36 Å². The van der Waals surface area contributed by atoms with Gasteiger partial charge in [-0.25, -0.2) is 4.21 Å². The van der Waals surface area contributed by atoms with Crippen molar-refractivity contribution in [3.8, 4) is 0 Å². The number of benzene rings is 1. The van der Waals surface area contributed by atoms with Gasteiger partial charge in [-0.05, 0) is 6.07 Å². The fourth-order valence-electron chi connectivity index (χ4n) is 0.814. The fraction of sp³-hybridized carbons (Fsp3) is 0.250. The second kappa shape index (κ2) is 4.21. The van der Waals surface area contributed by atoms with Crippen molar-refractivity contribution < 1.29 is 30.6 Å². The van der Waals surface area contributed by atoms with Crippen molar-refractivity contribution in [3.63, 3.8) is 0 Å². The van der Waals surface area contributed by atoms with Gasteiger partial charge in [0.25, 0.3) is 0 Å². The van der Waals surface area contributed by atoms with Gasteiger partial charge in [0.1, 0.15) is 0 Å². The third-order valence-electron chi connectivity index (χ3n) is 1.55. The van der Waals surface area contributed by atoms with Crippen LogP contribution >= 0.6 is 0 Å². The van der Waals surface area contributed by atoms with Gasteiger partial charge < -0.3 is 0 Å². The van der Waals surface area contributed by atoms with E-state index in [1.165, 1.54) is 6.07 Å². The summed E-state index contributed by atoms with van der Waals surface area (Å²) in [6.45, 7) is 0. The van der Waals surface area contributed by atoms with Gasteiger partial charge >= 0.3 is 11.0 Å². The monoisotopic (exact) mass is 276 g/mol. The molecule has 17 heavy (non-hydrogen) atoms. The lowest BCUT2D eigenvalue weighted by Crippen LogP contribution is -2.36. The molecule has 0 amide bonds. The van der Waals surface area contributed by atoms with E-state index in [0.29, 0.717) is 0 Å². The highest BCUT2D eigenvalue weighted by Crippen LogP contribution is 2.40. The lowest BCUT2D eigenvalue weighted by molar-refractivity contribution is -0.0826. The van der Waals surface area contributed by atoms with E-state index < -0.39 is 26.4 Å². The molecule has 0 aliphatic heterocycles. The third-order valence-corrected chi connectivity index (χ3v) is 3.26. The molecule has 95 valence electrons. The van der Waals surface area contributed by atoms with E-state index in [-0.39, 0.29) is 0 Å². The molecule has 0 N–H and O–H groups in total. The number of halogens is 6. The van der Waals surface area contributed by atoms with Crippen molar-refractivity contribution in [1.82, 2.24) is 0 Å². The molecule has 0 bridgehead atoms. The van der Waals surface area contributed by atoms with Crippen LogP contribution in [0.4, 0.5) is 32.0 Å². The largest absolute Gasteiger partial charge is 0.488 e. The molecule has 0 spiro atoms. The molecule has 0 saturated carbocycles. The lowest BCUT2D eigenvalue weighted by atomic mass is 10.3. The summed E-state index contributed by atoms with van der Waals surface area (Å²) in [5.41, 5.74) is -12.8. The lowest BCUT2D eigenvalue weighted by Gasteiger charge is -2.15. The van der Waals surface area contributed by atoms with Gasteiger partial charge in [-0.3, -0.25) is 0 Å². The minimum atomic E-state index is -6.38. The number of hydrogen-bond donors (Lipinski definition) is 0. The zero-order chi connectivity index (χ0) is 13.3. The second-order valence-corrected chi connectivity index (χ2v) is 4.92. The maximum Gasteiger partial charge on any atom is 0.488 e. The van der Waals surface area contributed by atoms with Crippen LogP contribution in [0.3, 0.4) is 0 Å². The Balaban J connectivity index is 3.48. The van der Waals surface area contributed by atoms with Crippen LogP contribution < -0.4 is 0 Å². The smallest absolute Gasteiger partial charge is 0.231 e. The first-order valence-corrected chi connectivity index (χ1v) is 5.46. The van der Waals surface area contributed by atoms with Gasteiger partial charge in [0, 0.05) is 6.07 Å². The highest BCUT2D eigenvalue weighted by atomic mass is 32.2. The van der Waals surface area contributed by atoms with Crippen LogP contribution in [-0.2, 0) is 9.73 Å². The quantitative estimate of drug-likeness (QED) is 0.720. The zero-order valence-electron chi connectivity index (χ0n) is 7.84. The third kappa shape index (κ3) is 2.71. The van der Waals surface area contributed by atoms with Crippen molar-refractivity contribution in [2.24, 2.45) is 4.36 Å². The van der Waals surface area contributed by atoms with Gasteiger partial charge in [0.2, 0.25) is 9.73 Å². The standard InChI is InChI=1S/C8H4F6NOS/c9-7(10,11)17(16,8(12,13)14)15-6-4-2-1-3-5-6/h1-4H. The maximum absolute atomic E-state index is 12.2. The molecule has 9 heteroatoms. The van der Waals surface area contributed by atoms with Crippen LogP contribution in [-0.4, -0.2) is 15.2 Å². The van der Waals surface area contributed by atoms with Crippen molar-refractivity contribution in [2.75, 3.05) is 0 Å². The molecule has 0 heterocycles. The molecule has 0 unspecified atom stereocenters. The van der Waals surface area contributed by atoms with Crippen LogP contribution in [0.2, 0.25) is 0 Å². The fourth-order valence-corrected chi connectivity index (χ4v) is 1.67. The highest BCUT2D eigenvalue weighted by molar-refractivity contribution is 7.95. The molecule has 1 radical (unpaired) electrons. The average molecular weight is 276 g/mol. The van der Waals surface area contributed by atoms with Crippen molar-refractivity contribution >= 4 is 15.4 Å². The number of rotatable bonds is 1. The number of alkyl halides is 6. The summed E-state index contributed by atoms with van der Waals surface area (Å²) in [5.74, 6) is 0. The summed E-state index contributed by atoms with van der Waals surface area (Å²) in [6, 6.07) is 6.40. The first kappa shape index (κ1) is 13.8. The Morgan fingerprint density at radius 3 is 1.94 bits per heavy atom. The molecule has 1 rings (SSSR count). The molecular formula is C8H4F6NOS. The Morgan fingerprint density at radius 1 is 1.06 bits per heavy atom. The number of hydrogen-bond acceptors (Lipinski definition) is 2. The van der Waals surface area contributed by atoms with Gasteiger partial charge in [-0.2, -0.15) is 30.7 Å². The summed E-state index contributed by atoms with van der Waals surface area (Å²) in [6.07, 6.45) is 0. The average Bonchev–Trinajstić information content (AvgIpc) is 2.15. The molecular weight excluding hydrogens is 272 g/mol. The normalized spacial score (nSPS) is 13.5.